The van der Waals surface area contributed by atoms with Crippen LogP contribution in [0.25, 0.3) is 0 Å². The van der Waals surface area contributed by atoms with E-state index in [-0.39, 0.29) is 17.9 Å². The standard InChI is InChI=1S/C20H25NO4S/c1-20(2,3)25-19(23)21-9-7-14-8-10-26-18(14)15(21)11-13-5-6-16(22)17(12-13)24-4/h5-6,8,10,12,15,22H,7,9,11H2,1-4H3. The third kappa shape index (κ3) is 3.96. The second-order valence-corrected chi connectivity index (χ2v) is 8.41. The number of hydrogen-bond acceptors (Lipinski definition) is 5. The number of ether oxygens (including phenoxy) is 2. The molecule has 6 heteroatoms. The largest absolute Gasteiger partial charge is 0.504 e. The topological polar surface area (TPSA) is 59.0 Å². The number of fused-ring (bicyclic) bond motifs is 1. The van der Waals surface area contributed by atoms with Crippen molar-refractivity contribution in [1.29, 1.82) is 0 Å². The Kier molecular flexibility index (Phi) is 5.14. The van der Waals surface area contributed by atoms with Crippen molar-refractivity contribution in [2.45, 2.75) is 45.3 Å². The van der Waals surface area contributed by atoms with Gasteiger partial charge in [-0.05, 0) is 68.3 Å². The molecule has 1 unspecified atom stereocenters. The van der Waals surface area contributed by atoms with Gasteiger partial charge >= 0.3 is 6.09 Å². The molecule has 2 heterocycles. The van der Waals surface area contributed by atoms with Crippen LogP contribution >= 0.6 is 11.3 Å². The monoisotopic (exact) mass is 375 g/mol. The third-order valence-electron chi connectivity index (χ3n) is 4.38. The van der Waals surface area contributed by atoms with Gasteiger partial charge in [0.25, 0.3) is 0 Å². The molecule has 0 saturated carbocycles. The molecular weight excluding hydrogens is 350 g/mol. The summed E-state index contributed by atoms with van der Waals surface area (Å²) in [5.74, 6) is 0.550. The molecule has 1 aliphatic heterocycles. The number of amides is 1. The number of nitrogens with zero attached hydrogens (tertiary/aromatic N) is 1. The summed E-state index contributed by atoms with van der Waals surface area (Å²) in [5, 5.41) is 11.9. The minimum absolute atomic E-state index is 0.0807. The van der Waals surface area contributed by atoms with Crippen LogP contribution in [0.2, 0.25) is 0 Å². The SMILES string of the molecule is COc1cc(CC2c3sccc3CCN2C(=O)OC(C)(C)C)ccc1O. The number of carbonyl (C=O) groups excluding carboxylic acids is 1. The summed E-state index contributed by atoms with van der Waals surface area (Å²) in [6.45, 7) is 6.28. The lowest BCUT2D eigenvalue weighted by Gasteiger charge is -2.37. The maximum Gasteiger partial charge on any atom is 0.410 e. The van der Waals surface area contributed by atoms with E-state index in [9.17, 15) is 9.90 Å². The Bertz CT molecular complexity index is 793. The molecule has 1 amide bonds. The van der Waals surface area contributed by atoms with Crippen LogP contribution in [0.1, 0.15) is 42.8 Å². The van der Waals surface area contributed by atoms with Crippen LogP contribution < -0.4 is 4.74 Å². The van der Waals surface area contributed by atoms with Crippen LogP contribution in [0.15, 0.2) is 29.6 Å². The highest BCUT2D eigenvalue weighted by atomic mass is 32.1. The first-order valence-electron chi connectivity index (χ1n) is 8.70. The highest BCUT2D eigenvalue weighted by Crippen LogP contribution is 2.38. The number of phenolic OH excluding ortho intramolecular Hbond substituents is 1. The number of phenols is 1. The second-order valence-electron chi connectivity index (χ2n) is 7.46. The van der Waals surface area contributed by atoms with Gasteiger partial charge in [-0.15, -0.1) is 11.3 Å². The van der Waals surface area contributed by atoms with Gasteiger partial charge in [0.2, 0.25) is 0 Å². The highest BCUT2D eigenvalue weighted by molar-refractivity contribution is 7.10. The zero-order chi connectivity index (χ0) is 18.9. The Labute approximate surface area is 158 Å². The molecule has 26 heavy (non-hydrogen) atoms. The fourth-order valence-electron chi connectivity index (χ4n) is 3.20. The second kappa shape index (κ2) is 7.19. The average molecular weight is 375 g/mol. The molecule has 0 radical (unpaired) electrons. The number of hydrogen-bond donors (Lipinski definition) is 1. The number of rotatable bonds is 3. The summed E-state index contributed by atoms with van der Waals surface area (Å²) in [6.07, 6.45) is 1.20. The molecular formula is C20H25NO4S. The van der Waals surface area contributed by atoms with E-state index in [1.54, 1.807) is 17.4 Å². The molecule has 1 aromatic carbocycles. The van der Waals surface area contributed by atoms with E-state index in [4.69, 9.17) is 9.47 Å². The molecule has 5 nitrogen and oxygen atoms in total. The first kappa shape index (κ1) is 18.6. The maximum absolute atomic E-state index is 12.8. The smallest absolute Gasteiger partial charge is 0.410 e. The Hall–Kier alpha value is -2.21. The summed E-state index contributed by atoms with van der Waals surface area (Å²) < 4.78 is 10.8. The lowest BCUT2D eigenvalue weighted by molar-refractivity contribution is 0.0146. The van der Waals surface area contributed by atoms with E-state index >= 15 is 0 Å². The van der Waals surface area contributed by atoms with E-state index in [1.165, 1.54) is 17.6 Å². The van der Waals surface area contributed by atoms with Crippen LogP contribution in [0.4, 0.5) is 4.79 Å². The van der Waals surface area contributed by atoms with Crippen LogP contribution in [0.3, 0.4) is 0 Å². The Morgan fingerprint density at radius 1 is 1.35 bits per heavy atom. The van der Waals surface area contributed by atoms with E-state index in [1.807, 2.05) is 37.8 Å². The molecule has 1 aromatic heterocycles. The predicted octanol–water partition coefficient (Wildman–Crippen LogP) is 4.54. The summed E-state index contributed by atoms with van der Waals surface area (Å²) in [7, 11) is 1.53. The van der Waals surface area contributed by atoms with Gasteiger partial charge < -0.3 is 14.6 Å². The van der Waals surface area contributed by atoms with Crippen molar-refractivity contribution < 1.29 is 19.4 Å². The van der Waals surface area contributed by atoms with Crippen LogP contribution in [-0.4, -0.2) is 35.4 Å². The summed E-state index contributed by atoms with van der Waals surface area (Å²) in [6, 6.07) is 7.38. The van der Waals surface area contributed by atoms with E-state index in [2.05, 4.69) is 11.4 Å². The third-order valence-corrected chi connectivity index (χ3v) is 5.44. The van der Waals surface area contributed by atoms with Crippen molar-refractivity contribution in [2.75, 3.05) is 13.7 Å². The minimum atomic E-state index is -0.529. The normalized spacial score (nSPS) is 16.9. The van der Waals surface area contributed by atoms with Crippen LogP contribution in [0, 0.1) is 0 Å². The molecule has 1 N–H and O–H groups in total. The van der Waals surface area contributed by atoms with Crippen molar-refractivity contribution in [1.82, 2.24) is 4.90 Å². The first-order chi connectivity index (χ1) is 12.3. The fraction of sp³-hybridized carbons (Fsp3) is 0.450. The van der Waals surface area contributed by atoms with Crippen molar-refractivity contribution in [3.63, 3.8) is 0 Å². The lowest BCUT2D eigenvalue weighted by Crippen LogP contribution is -2.43. The molecule has 140 valence electrons. The van der Waals surface area contributed by atoms with E-state index in [0.717, 1.165) is 12.0 Å². The van der Waals surface area contributed by atoms with Gasteiger partial charge in [-0.1, -0.05) is 6.07 Å². The van der Waals surface area contributed by atoms with Crippen molar-refractivity contribution in [2.24, 2.45) is 0 Å². The van der Waals surface area contributed by atoms with E-state index < -0.39 is 5.60 Å². The lowest BCUT2D eigenvalue weighted by atomic mass is 9.96. The van der Waals surface area contributed by atoms with Gasteiger partial charge in [0, 0.05) is 11.4 Å². The number of benzene rings is 1. The zero-order valence-corrected chi connectivity index (χ0v) is 16.4. The van der Waals surface area contributed by atoms with Gasteiger partial charge in [0.1, 0.15) is 5.60 Å². The molecule has 1 atom stereocenters. The molecule has 0 aliphatic carbocycles. The van der Waals surface area contributed by atoms with E-state index in [0.29, 0.717) is 18.7 Å². The molecule has 3 rings (SSSR count). The molecule has 2 aromatic rings. The van der Waals surface area contributed by atoms with Gasteiger partial charge in [-0.2, -0.15) is 0 Å². The fourth-order valence-corrected chi connectivity index (χ4v) is 4.27. The van der Waals surface area contributed by atoms with Gasteiger partial charge in [0.15, 0.2) is 11.5 Å². The van der Waals surface area contributed by atoms with Crippen molar-refractivity contribution in [3.8, 4) is 11.5 Å². The summed E-state index contributed by atoms with van der Waals surface area (Å²) >= 11 is 1.67. The number of carbonyl (C=O) groups is 1. The predicted molar refractivity (Wildman–Crippen MR) is 102 cm³/mol. The van der Waals surface area contributed by atoms with Crippen LogP contribution in [0.5, 0.6) is 11.5 Å². The zero-order valence-electron chi connectivity index (χ0n) is 15.6. The maximum atomic E-state index is 12.8. The Balaban J connectivity index is 1.90. The average Bonchev–Trinajstić information content (AvgIpc) is 3.04. The summed E-state index contributed by atoms with van der Waals surface area (Å²) in [4.78, 5) is 15.8. The molecule has 0 bridgehead atoms. The Morgan fingerprint density at radius 2 is 2.12 bits per heavy atom. The highest BCUT2D eigenvalue weighted by Gasteiger charge is 2.34. The first-order valence-corrected chi connectivity index (χ1v) is 9.58. The molecule has 0 fully saturated rings. The summed E-state index contributed by atoms with van der Waals surface area (Å²) in [5.41, 5.74) is 1.77. The number of aromatic hydroxyl groups is 1. The minimum Gasteiger partial charge on any atom is -0.504 e. The molecule has 0 saturated heterocycles. The molecule has 1 aliphatic rings. The van der Waals surface area contributed by atoms with Gasteiger partial charge in [-0.25, -0.2) is 4.79 Å². The van der Waals surface area contributed by atoms with Gasteiger partial charge in [-0.3, -0.25) is 4.90 Å². The van der Waals surface area contributed by atoms with Crippen molar-refractivity contribution >= 4 is 17.4 Å². The van der Waals surface area contributed by atoms with Gasteiger partial charge in [0.05, 0.1) is 13.2 Å². The molecule has 0 spiro atoms. The quantitative estimate of drug-likeness (QED) is 0.856. The van der Waals surface area contributed by atoms with Crippen LogP contribution in [-0.2, 0) is 17.6 Å². The Morgan fingerprint density at radius 3 is 2.81 bits per heavy atom. The number of methoxy groups -OCH3 is 1. The number of thiophene rings is 1. The van der Waals surface area contributed by atoms with Crippen molar-refractivity contribution in [3.05, 3.63) is 45.6 Å².